The lowest BCUT2D eigenvalue weighted by Gasteiger charge is -2.07. The van der Waals surface area contributed by atoms with Crippen LogP contribution in [0.2, 0.25) is 10.0 Å². The van der Waals surface area contributed by atoms with E-state index in [1.807, 2.05) is 24.3 Å². The van der Waals surface area contributed by atoms with E-state index in [-0.39, 0.29) is 11.8 Å². The molecule has 0 radical (unpaired) electrons. The van der Waals surface area contributed by atoms with E-state index in [9.17, 15) is 9.59 Å². The Labute approximate surface area is 189 Å². The monoisotopic (exact) mass is 448 g/mol. The SMILES string of the molecule is O=C(Cc1ccc(Cl)cc1)NCCCCCCCCNC(=O)Cc1ccc(Cl)cc1. The normalized spacial score (nSPS) is 10.6. The minimum absolute atomic E-state index is 0.0478. The summed E-state index contributed by atoms with van der Waals surface area (Å²) in [5.41, 5.74) is 1.94. The van der Waals surface area contributed by atoms with Gasteiger partial charge in [-0.1, -0.05) is 73.2 Å². The standard InChI is InChI=1S/C24H30Cl2N2O2/c25-21-11-7-19(8-12-21)17-23(29)27-15-5-3-1-2-4-6-16-28-24(30)18-20-9-13-22(26)14-10-20/h7-14H,1-6,15-18H2,(H,27,29)(H,28,30). The quantitative estimate of drug-likeness (QED) is 0.405. The molecule has 0 aliphatic heterocycles. The highest BCUT2D eigenvalue weighted by Crippen LogP contribution is 2.11. The molecule has 2 amide bonds. The summed E-state index contributed by atoms with van der Waals surface area (Å²) >= 11 is 11.7. The minimum atomic E-state index is 0.0478. The number of hydrogen-bond acceptors (Lipinski definition) is 2. The average Bonchev–Trinajstić information content (AvgIpc) is 2.73. The van der Waals surface area contributed by atoms with Crippen LogP contribution in [0.1, 0.15) is 49.7 Å². The summed E-state index contributed by atoms with van der Waals surface area (Å²) in [5.74, 6) is 0.0957. The van der Waals surface area contributed by atoms with Crippen LogP contribution in [0, 0.1) is 0 Å². The third kappa shape index (κ3) is 10.7. The van der Waals surface area contributed by atoms with E-state index >= 15 is 0 Å². The predicted octanol–water partition coefficient (Wildman–Crippen LogP) is 5.35. The van der Waals surface area contributed by atoms with E-state index in [1.54, 1.807) is 24.3 Å². The molecular formula is C24H30Cl2N2O2. The van der Waals surface area contributed by atoms with Crippen molar-refractivity contribution in [3.63, 3.8) is 0 Å². The van der Waals surface area contributed by atoms with Crippen molar-refractivity contribution in [3.05, 3.63) is 69.7 Å². The largest absolute Gasteiger partial charge is 0.356 e. The van der Waals surface area contributed by atoms with E-state index in [4.69, 9.17) is 23.2 Å². The molecule has 0 fully saturated rings. The van der Waals surface area contributed by atoms with E-state index in [1.165, 1.54) is 0 Å². The zero-order valence-corrected chi connectivity index (χ0v) is 18.8. The number of benzene rings is 2. The Hall–Kier alpha value is -2.04. The maximum absolute atomic E-state index is 11.9. The highest BCUT2D eigenvalue weighted by molar-refractivity contribution is 6.30. The first-order chi connectivity index (χ1) is 14.5. The second-order valence-electron chi connectivity index (χ2n) is 7.43. The van der Waals surface area contributed by atoms with Crippen molar-refractivity contribution in [3.8, 4) is 0 Å². The number of hydrogen-bond donors (Lipinski definition) is 2. The predicted molar refractivity (Wildman–Crippen MR) is 124 cm³/mol. The van der Waals surface area contributed by atoms with Gasteiger partial charge in [0.15, 0.2) is 0 Å². The van der Waals surface area contributed by atoms with Crippen LogP contribution in [0.15, 0.2) is 48.5 Å². The molecule has 0 aliphatic rings. The van der Waals surface area contributed by atoms with Gasteiger partial charge in [0.2, 0.25) is 11.8 Å². The second kappa shape index (κ2) is 14.1. The van der Waals surface area contributed by atoms with Crippen molar-refractivity contribution in [2.75, 3.05) is 13.1 Å². The van der Waals surface area contributed by atoms with Gasteiger partial charge in [-0.15, -0.1) is 0 Å². The van der Waals surface area contributed by atoms with Gasteiger partial charge in [0.25, 0.3) is 0 Å². The lowest BCUT2D eigenvalue weighted by atomic mass is 10.1. The third-order valence-corrected chi connectivity index (χ3v) is 5.31. The summed E-state index contributed by atoms with van der Waals surface area (Å²) in [6.07, 6.45) is 7.25. The number of nitrogens with one attached hydrogen (secondary N) is 2. The molecule has 0 heterocycles. The van der Waals surface area contributed by atoms with Crippen LogP contribution in [0.3, 0.4) is 0 Å². The molecule has 0 saturated heterocycles. The Morgan fingerprint density at radius 2 is 0.900 bits per heavy atom. The summed E-state index contributed by atoms with van der Waals surface area (Å²) in [6.45, 7) is 1.43. The van der Waals surface area contributed by atoms with Gasteiger partial charge in [-0.05, 0) is 48.2 Å². The van der Waals surface area contributed by atoms with Gasteiger partial charge in [-0.3, -0.25) is 9.59 Å². The fourth-order valence-corrected chi connectivity index (χ4v) is 3.37. The number of halogens is 2. The number of rotatable bonds is 13. The molecular weight excluding hydrogens is 419 g/mol. The Balaban J connectivity index is 1.40. The highest BCUT2D eigenvalue weighted by Gasteiger charge is 2.04. The van der Waals surface area contributed by atoms with Gasteiger partial charge in [-0.25, -0.2) is 0 Å². The topological polar surface area (TPSA) is 58.2 Å². The molecule has 30 heavy (non-hydrogen) atoms. The van der Waals surface area contributed by atoms with Crippen molar-refractivity contribution < 1.29 is 9.59 Å². The van der Waals surface area contributed by atoms with Crippen molar-refractivity contribution in [2.24, 2.45) is 0 Å². The smallest absolute Gasteiger partial charge is 0.224 e. The van der Waals surface area contributed by atoms with E-state index in [0.29, 0.717) is 36.0 Å². The van der Waals surface area contributed by atoms with Gasteiger partial charge in [0.05, 0.1) is 12.8 Å². The van der Waals surface area contributed by atoms with Gasteiger partial charge in [0.1, 0.15) is 0 Å². The highest BCUT2D eigenvalue weighted by atomic mass is 35.5. The van der Waals surface area contributed by atoms with Crippen LogP contribution >= 0.6 is 23.2 Å². The molecule has 0 aromatic heterocycles. The van der Waals surface area contributed by atoms with Crippen molar-refractivity contribution in [1.82, 2.24) is 10.6 Å². The fraction of sp³-hybridized carbons (Fsp3) is 0.417. The van der Waals surface area contributed by atoms with E-state index in [2.05, 4.69) is 10.6 Å². The number of carbonyl (C=O) groups excluding carboxylic acids is 2. The third-order valence-electron chi connectivity index (χ3n) is 4.80. The number of unbranched alkanes of at least 4 members (excludes halogenated alkanes) is 5. The van der Waals surface area contributed by atoms with Crippen LogP contribution in [0.25, 0.3) is 0 Å². The molecule has 0 atom stereocenters. The molecule has 4 nitrogen and oxygen atoms in total. The summed E-state index contributed by atoms with van der Waals surface area (Å²) in [7, 11) is 0. The summed E-state index contributed by atoms with van der Waals surface area (Å²) < 4.78 is 0. The maximum atomic E-state index is 11.9. The molecule has 2 N–H and O–H groups in total. The van der Waals surface area contributed by atoms with Crippen LogP contribution in [0.5, 0.6) is 0 Å². The minimum Gasteiger partial charge on any atom is -0.356 e. The molecule has 162 valence electrons. The molecule has 2 aromatic rings. The average molecular weight is 449 g/mol. The first kappa shape index (κ1) is 24.2. The van der Waals surface area contributed by atoms with E-state index < -0.39 is 0 Å². The van der Waals surface area contributed by atoms with Crippen molar-refractivity contribution in [1.29, 1.82) is 0 Å². The summed E-state index contributed by atoms with van der Waals surface area (Å²) in [4.78, 5) is 23.8. The number of carbonyl (C=O) groups is 2. The van der Waals surface area contributed by atoms with Crippen molar-refractivity contribution in [2.45, 2.75) is 51.4 Å². The van der Waals surface area contributed by atoms with E-state index in [0.717, 1.165) is 49.7 Å². The Kier molecular flexibility index (Phi) is 11.3. The van der Waals surface area contributed by atoms with Crippen LogP contribution in [0.4, 0.5) is 0 Å². The Morgan fingerprint density at radius 1 is 0.567 bits per heavy atom. The molecule has 0 aliphatic carbocycles. The molecule has 2 aromatic carbocycles. The van der Waals surface area contributed by atoms with Crippen LogP contribution in [-0.2, 0) is 22.4 Å². The lowest BCUT2D eigenvalue weighted by Crippen LogP contribution is -2.26. The van der Waals surface area contributed by atoms with Gasteiger partial charge in [0, 0.05) is 23.1 Å². The molecule has 6 heteroatoms. The zero-order valence-electron chi connectivity index (χ0n) is 17.3. The Morgan fingerprint density at radius 3 is 1.27 bits per heavy atom. The first-order valence-corrected chi connectivity index (χ1v) is 11.3. The maximum Gasteiger partial charge on any atom is 0.224 e. The molecule has 0 bridgehead atoms. The summed E-state index contributed by atoms with van der Waals surface area (Å²) in [6, 6.07) is 14.7. The number of amides is 2. The zero-order chi connectivity index (χ0) is 21.6. The van der Waals surface area contributed by atoms with Gasteiger partial charge < -0.3 is 10.6 Å². The summed E-state index contributed by atoms with van der Waals surface area (Å²) in [5, 5.41) is 7.29. The Bertz CT molecular complexity index is 709. The molecule has 0 saturated carbocycles. The van der Waals surface area contributed by atoms with Crippen LogP contribution in [-0.4, -0.2) is 24.9 Å². The lowest BCUT2D eigenvalue weighted by molar-refractivity contribution is -0.121. The van der Waals surface area contributed by atoms with Crippen molar-refractivity contribution >= 4 is 35.0 Å². The van der Waals surface area contributed by atoms with Crippen LogP contribution < -0.4 is 10.6 Å². The molecule has 0 unspecified atom stereocenters. The van der Waals surface area contributed by atoms with Gasteiger partial charge in [-0.2, -0.15) is 0 Å². The first-order valence-electron chi connectivity index (χ1n) is 10.6. The molecule has 2 rings (SSSR count). The van der Waals surface area contributed by atoms with Gasteiger partial charge >= 0.3 is 0 Å². The molecule has 0 spiro atoms. The fourth-order valence-electron chi connectivity index (χ4n) is 3.11. The second-order valence-corrected chi connectivity index (χ2v) is 8.30.